The Morgan fingerprint density at radius 1 is 1.46 bits per heavy atom. The Labute approximate surface area is 78.4 Å². The van der Waals surface area contributed by atoms with Crippen LogP contribution in [0.2, 0.25) is 0 Å². The summed E-state index contributed by atoms with van der Waals surface area (Å²) in [4.78, 5) is 7.94. The minimum Gasteiger partial charge on any atom is -0.265 e. The average Bonchev–Trinajstić information content (AvgIpc) is 2.17. The molecule has 0 aliphatic heterocycles. The minimum absolute atomic E-state index is 0.749. The smallest absolute Gasteiger partial charge is 0.0554 e. The average molecular weight is 172 g/mol. The molecular weight excluding hydrogens is 160 g/mol. The summed E-state index contributed by atoms with van der Waals surface area (Å²) in [7, 11) is 0. The SMILES string of the molecule is C=C(/C=C/c1ccncc1)N=CC. The zero-order valence-corrected chi connectivity index (χ0v) is 7.64. The molecule has 0 unspecified atom stereocenters. The van der Waals surface area contributed by atoms with Crippen molar-refractivity contribution in [1.82, 2.24) is 4.98 Å². The summed E-state index contributed by atoms with van der Waals surface area (Å²) >= 11 is 0. The summed E-state index contributed by atoms with van der Waals surface area (Å²) in [5, 5.41) is 0. The lowest BCUT2D eigenvalue weighted by molar-refractivity contribution is 1.32. The number of rotatable bonds is 3. The molecular formula is C11H12N2. The van der Waals surface area contributed by atoms with Crippen molar-refractivity contribution in [3.05, 3.63) is 48.4 Å². The van der Waals surface area contributed by atoms with E-state index in [1.54, 1.807) is 18.6 Å². The third-order valence-corrected chi connectivity index (χ3v) is 1.47. The van der Waals surface area contributed by atoms with Crippen LogP contribution in [0, 0.1) is 0 Å². The fourth-order valence-electron chi connectivity index (χ4n) is 0.876. The summed E-state index contributed by atoms with van der Waals surface area (Å²) in [6.07, 6.45) is 9.06. The van der Waals surface area contributed by atoms with Crippen LogP contribution < -0.4 is 0 Å². The molecule has 0 aliphatic carbocycles. The van der Waals surface area contributed by atoms with E-state index in [2.05, 4.69) is 16.6 Å². The van der Waals surface area contributed by atoms with Gasteiger partial charge in [0.15, 0.2) is 0 Å². The van der Waals surface area contributed by atoms with Crippen LogP contribution in [0.4, 0.5) is 0 Å². The largest absolute Gasteiger partial charge is 0.265 e. The highest BCUT2D eigenvalue weighted by atomic mass is 14.7. The first kappa shape index (κ1) is 9.39. The summed E-state index contributed by atoms with van der Waals surface area (Å²) in [5.41, 5.74) is 1.85. The van der Waals surface area contributed by atoms with Gasteiger partial charge in [-0.3, -0.25) is 9.98 Å². The molecule has 2 nitrogen and oxygen atoms in total. The molecule has 0 fully saturated rings. The lowest BCUT2D eigenvalue weighted by Crippen LogP contribution is -1.73. The fraction of sp³-hybridized carbons (Fsp3) is 0.0909. The molecule has 0 amide bonds. The Morgan fingerprint density at radius 2 is 2.15 bits per heavy atom. The predicted molar refractivity (Wildman–Crippen MR) is 56.6 cm³/mol. The molecule has 0 atom stereocenters. The normalized spacial score (nSPS) is 11.2. The number of allylic oxidation sites excluding steroid dienone is 1. The van der Waals surface area contributed by atoms with Crippen LogP contribution in [0.15, 0.2) is 47.9 Å². The van der Waals surface area contributed by atoms with Gasteiger partial charge in [-0.1, -0.05) is 12.7 Å². The molecule has 1 heterocycles. The predicted octanol–water partition coefficient (Wildman–Crippen LogP) is 2.70. The van der Waals surface area contributed by atoms with E-state index in [0.717, 1.165) is 11.3 Å². The summed E-state index contributed by atoms with van der Waals surface area (Å²) in [5.74, 6) is 0. The summed E-state index contributed by atoms with van der Waals surface area (Å²) < 4.78 is 0. The van der Waals surface area contributed by atoms with E-state index < -0.39 is 0 Å². The van der Waals surface area contributed by atoms with Crippen molar-refractivity contribution in [3.63, 3.8) is 0 Å². The van der Waals surface area contributed by atoms with Crippen molar-refractivity contribution >= 4 is 12.3 Å². The second-order valence-electron chi connectivity index (χ2n) is 2.49. The van der Waals surface area contributed by atoms with Crippen molar-refractivity contribution in [2.75, 3.05) is 0 Å². The molecule has 0 N–H and O–H groups in total. The Morgan fingerprint density at radius 3 is 2.77 bits per heavy atom. The molecule has 0 saturated carbocycles. The Kier molecular flexibility index (Phi) is 3.64. The van der Waals surface area contributed by atoms with Gasteiger partial charge in [0.1, 0.15) is 0 Å². The maximum Gasteiger partial charge on any atom is 0.0554 e. The molecule has 0 bridgehead atoms. The monoisotopic (exact) mass is 172 g/mol. The lowest BCUT2D eigenvalue weighted by atomic mass is 10.2. The third-order valence-electron chi connectivity index (χ3n) is 1.47. The van der Waals surface area contributed by atoms with E-state index in [0.29, 0.717) is 0 Å². The first-order valence-corrected chi connectivity index (χ1v) is 4.08. The van der Waals surface area contributed by atoms with Crippen molar-refractivity contribution in [2.45, 2.75) is 6.92 Å². The molecule has 0 saturated heterocycles. The zero-order chi connectivity index (χ0) is 9.52. The van der Waals surface area contributed by atoms with E-state index in [-0.39, 0.29) is 0 Å². The third kappa shape index (κ3) is 3.47. The van der Waals surface area contributed by atoms with Gasteiger partial charge in [0.05, 0.1) is 5.70 Å². The number of hydrogen-bond acceptors (Lipinski definition) is 2. The van der Waals surface area contributed by atoms with Crippen LogP contribution in [-0.4, -0.2) is 11.2 Å². The number of hydrogen-bond donors (Lipinski definition) is 0. The van der Waals surface area contributed by atoms with Gasteiger partial charge >= 0.3 is 0 Å². The van der Waals surface area contributed by atoms with Crippen LogP contribution in [-0.2, 0) is 0 Å². The number of pyridine rings is 1. The maximum absolute atomic E-state index is 4.02. The van der Waals surface area contributed by atoms with Gasteiger partial charge in [-0.15, -0.1) is 0 Å². The first-order valence-electron chi connectivity index (χ1n) is 4.08. The molecule has 66 valence electrons. The van der Waals surface area contributed by atoms with Crippen LogP contribution in [0.3, 0.4) is 0 Å². The summed E-state index contributed by atoms with van der Waals surface area (Å²) in [6.45, 7) is 5.63. The number of aromatic nitrogens is 1. The van der Waals surface area contributed by atoms with Gasteiger partial charge in [-0.05, 0) is 30.7 Å². The lowest BCUT2D eigenvalue weighted by Gasteiger charge is -1.90. The molecule has 13 heavy (non-hydrogen) atoms. The van der Waals surface area contributed by atoms with E-state index in [4.69, 9.17) is 0 Å². The molecule has 1 rings (SSSR count). The maximum atomic E-state index is 4.02. The second kappa shape index (κ2) is 5.04. The van der Waals surface area contributed by atoms with Gasteiger partial charge in [0, 0.05) is 18.6 Å². The van der Waals surface area contributed by atoms with Crippen molar-refractivity contribution in [1.29, 1.82) is 0 Å². The molecule has 0 radical (unpaired) electrons. The van der Waals surface area contributed by atoms with Crippen LogP contribution in [0.5, 0.6) is 0 Å². The molecule has 0 spiro atoms. The number of aliphatic imine (C=N–C) groups is 1. The summed E-state index contributed by atoms with van der Waals surface area (Å²) in [6, 6.07) is 3.86. The highest BCUT2D eigenvalue weighted by Gasteiger charge is 1.83. The Balaban J connectivity index is 2.64. The molecule has 0 aromatic carbocycles. The van der Waals surface area contributed by atoms with E-state index in [1.807, 2.05) is 31.2 Å². The van der Waals surface area contributed by atoms with Gasteiger partial charge in [0.2, 0.25) is 0 Å². The van der Waals surface area contributed by atoms with Crippen molar-refractivity contribution in [3.8, 4) is 0 Å². The highest BCUT2D eigenvalue weighted by Crippen LogP contribution is 2.02. The second-order valence-corrected chi connectivity index (χ2v) is 2.49. The van der Waals surface area contributed by atoms with Gasteiger partial charge < -0.3 is 0 Å². The van der Waals surface area contributed by atoms with Crippen molar-refractivity contribution < 1.29 is 0 Å². The zero-order valence-electron chi connectivity index (χ0n) is 7.64. The topological polar surface area (TPSA) is 25.2 Å². The van der Waals surface area contributed by atoms with Gasteiger partial charge in [0.25, 0.3) is 0 Å². The van der Waals surface area contributed by atoms with Crippen LogP contribution in [0.1, 0.15) is 12.5 Å². The fourth-order valence-corrected chi connectivity index (χ4v) is 0.876. The minimum atomic E-state index is 0.749. The van der Waals surface area contributed by atoms with E-state index >= 15 is 0 Å². The van der Waals surface area contributed by atoms with E-state index in [9.17, 15) is 0 Å². The van der Waals surface area contributed by atoms with Gasteiger partial charge in [-0.25, -0.2) is 0 Å². The van der Waals surface area contributed by atoms with E-state index in [1.165, 1.54) is 0 Å². The molecule has 1 aromatic rings. The Bertz CT molecular complexity index is 323. The molecule has 2 heteroatoms. The van der Waals surface area contributed by atoms with Crippen molar-refractivity contribution in [2.24, 2.45) is 4.99 Å². The standard InChI is InChI=1S/C11H12N2/c1-3-13-10(2)4-5-11-6-8-12-9-7-11/h3-9H,2H2,1H3/b5-4+,13-3?. The van der Waals surface area contributed by atoms with Crippen LogP contribution >= 0.6 is 0 Å². The highest BCUT2D eigenvalue weighted by molar-refractivity contribution is 5.58. The molecule has 0 aliphatic rings. The quantitative estimate of drug-likeness (QED) is 0.508. The number of nitrogens with zero attached hydrogens (tertiary/aromatic N) is 2. The molecule has 1 aromatic heterocycles. The first-order chi connectivity index (χ1) is 6.33. The Hall–Kier alpha value is -1.70. The van der Waals surface area contributed by atoms with Gasteiger partial charge in [-0.2, -0.15) is 0 Å². The van der Waals surface area contributed by atoms with Crippen LogP contribution in [0.25, 0.3) is 6.08 Å².